The fourth-order valence-electron chi connectivity index (χ4n) is 1.72. The van der Waals surface area contributed by atoms with Gasteiger partial charge in [0.1, 0.15) is 5.75 Å². The maximum absolute atomic E-state index is 11.0. The Morgan fingerprint density at radius 3 is 2.47 bits per heavy atom. The van der Waals surface area contributed by atoms with Crippen LogP contribution in [0, 0.1) is 5.92 Å². The molecule has 0 bridgehead atoms. The average molecular weight is 370 g/mol. The molecule has 0 spiro atoms. The van der Waals surface area contributed by atoms with Gasteiger partial charge in [-0.15, -0.1) is 0 Å². The van der Waals surface area contributed by atoms with Crippen LogP contribution in [0.5, 0.6) is 5.75 Å². The van der Waals surface area contributed by atoms with Gasteiger partial charge >= 0.3 is 0 Å². The van der Waals surface area contributed by atoms with E-state index < -0.39 is 9.05 Å². The van der Waals surface area contributed by atoms with E-state index in [1.165, 1.54) is 0 Å². The third-order valence-corrected chi connectivity index (χ3v) is 4.44. The molecule has 0 N–H and O–H groups in total. The van der Waals surface area contributed by atoms with Crippen LogP contribution in [0.1, 0.15) is 32.3 Å². The van der Waals surface area contributed by atoms with Gasteiger partial charge in [-0.3, -0.25) is 0 Å². The van der Waals surface area contributed by atoms with Crippen molar-refractivity contribution in [3.63, 3.8) is 0 Å². The molecule has 0 aromatic heterocycles. The average Bonchev–Trinajstić information content (AvgIpc) is 2.24. The van der Waals surface area contributed by atoms with E-state index in [-0.39, 0.29) is 11.7 Å². The molecule has 1 aromatic rings. The lowest BCUT2D eigenvalue weighted by Crippen LogP contribution is -2.17. The molecule has 0 heterocycles. The lowest BCUT2D eigenvalue weighted by Gasteiger charge is -2.16. The van der Waals surface area contributed by atoms with E-state index in [0.29, 0.717) is 12.5 Å². The molecule has 3 nitrogen and oxygen atoms in total. The second kappa shape index (κ2) is 6.95. The van der Waals surface area contributed by atoms with Crippen LogP contribution >= 0.6 is 26.6 Å². The lowest BCUT2D eigenvalue weighted by atomic mass is 10.0. The van der Waals surface area contributed by atoms with E-state index >= 15 is 0 Å². The van der Waals surface area contributed by atoms with Crippen molar-refractivity contribution in [3.05, 3.63) is 28.2 Å². The summed E-state index contributed by atoms with van der Waals surface area (Å²) in [4.78, 5) is 0. The molecule has 6 heteroatoms. The Balaban J connectivity index is 2.72. The monoisotopic (exact) mass is 368 g/mol. The standard InChI is InChI=1S/C13H18BrClO3S/c1-9(2)12-6-11(14)4-5-13(12)18-7-10(3)8-19(15,16)17/h4-6,9-10H,7-8H2,1-3H3. The molecular formula is C13H18BrClO3S. The Morgan fingerprint density at radius 2 is 1.95 bits per heavy atom. The van der Waals surface area contributed by atoms with Crippen LogP contribution < -0.4 is 4.74 Å². The van der Waals surface area contributed by atoms with Crippen LogP contribution in [0.2, 0.25) is 0 Å². The van der Waals surface area contributed by atoms with Gasteiger partial charge in [-0.25, -0.2) is 8.42 Å². The summed E-state index contributed by atoms with van der Waals surface area (Å²) in [6.45, 7) is 6.30. The topological polar surface area (TPSA) is 43.4 Å². The molecule has 1 atom stereocenters. The molecule has 0 fully saturated rings. The number of hydrogen-bond donors (Lipinski definition) is 0. The SMILES string of the molecule is CC(COc1ccc(Br)cc1C(C)C)CS(=O)(=O)Cl. The third-order valence-electron chi connectivity index (χ3n) is 2.60. The molecule has 1 aromatic carbocycles. The van der Waals surface area contributed by atoms with E-state index in [9.17, 15) is 8.42 Å². The zero-order valence-corrected chi connectivity index (χ0v) is 14.3. The predicted octanol–water partition coefficient (Wildman–Crippen LogP) is 4.16. The quantitative estimate of drug-likeness (QED) is 0.707. The molecule has 0 amide bonds. The summed E-state index contributed by atoms with van der Waals surface area (Å²) >= 11 is 3.43. The number of halogens is 2. The molecule has 0 saturated heterocycles. The van der Waals surface area contributed by atoms with Gasteiger partial charge in [-0.05, 0) is 29.7 Å². The van der Waals surface area contributed by atoms with Gasteiger partial charge < -0.3 is 4.74 Å². The predicted molar refractivity (Wildman–Crippen MR) is 82.5 cm³/mol. The summed E-state index contributed by atoms with van der Waals surface area (Å²) in [5.41, 5.74) is 1.09. The second-order valence-electron chi connectivity index (χ2n) is 4.96. The van der Waals surface area contributed by atoms with Crippen LogP contribution in [0.4, 0.5) is 0 Å². The highest BCUT2D eigenvalue weighted by Crippen LogP contribution is 2.29. The minimum atomic E-state index is -3.48. The molecule has 1 rings (SSSR count). The van der Waals surface area contributed by atoms with E-state index in [1.807, 2.05) is 18.2 Å². The lowest BCUT2D eigenvalue weighted by molar-refractivity contribution is 0.269. The minimum Gasteiger partial charge on any atom is -0.493 e. The van der Waals surface area contributed by atoms with Gasteiger partial charge in [-0.1, -0.05) is 36.7 Å². The number of rotatable bonds is 6. The van der Waals surface area contributed by atoms with Crippen LogP contribution in [-0.4, -0.2) is 20.8 Å². The highest BCUT2D eigenvalue weighted by molar-refractivity contribution is 9.10. The normalized spacial score (nSPS) is 13.6. The molecule has 0 saturated carbocycles. The first-order valence-corrected chi connectivity index (χ1v) is 9.30. The van der Waals surface area contributed by atoms with Crippen LogP contribution in [0.3, 0.4) is 0 Å². The van der Waals surface area contributed by atoms with Crippen LogP contribution in [0.25, 0.3) is 0 Å². The molecule has 19 heavy (non-hydrogen) atoms. The van der Waals surface area contributed by atoms with Crippen molar-refractivity contribution in [2.24, 2.45) is 5.92 Å². The minimum absolute atomic E-state index is 0.0813. The number of ether oxygens (including phenoxy) is 1. The number of benzene rings is 1. The van der Waals surface area contributed by atoms with Crippen molar-refractivity contribution >= 4 is 35.7 Å². The fourth-order valence-corrected chi connectivity index (χ4v) is 3.52. The summed E-state index contributed by atoms with van der Waals surface area (Å²) in [7, 11) is 1.75. The van der Waals surface area contributed by atoms with Crippen LogP contribution in [0.15, 0.2) is 22.7 Å². The van der Waals surface area contributed by atoms with E-state index in [4.69, 9.17) is 15.4 Å². The van der Waals surface area contributed by atoms with E-state index in [1.54, 1.807) is 6.92 Å². The first kappa shape index (κ1) is 16.8. The summed E-state index contributed by atoms with van der Waals surface area (Å²) in [5.74, 6) is 0.894. The van der Waals surface area contributed by atoms with Crippen molar-refractivity contribution in [2.45, 2.75) is 26.7 Å². The smallest absolute Gasteiger partial charge is 0.232 e. The van der Waals surface area contributed by atoms with Crippen molar-refractivity contribution in [1.29, 1.82) is 0 Å². The molecular weight excluding hydrogens is 352 g/mol. The second-order valence-corrected chi connectivity index (χ2v) is 8.70. The van der Waals surface area contributed by atoms with Gasteiger partial charge in [0, 0.05) is 21.1 Å². The maximum Gasteiger partial charge on any atom is 0.232 e. The highest BCUT2D eigenvalue weighted by atomic mass is 79.9. The van der Waals surface area contributed by atoms with Gasteiger partial charge in [0.15, 0.2) is 0 Å². The Hall–Kier alpha value is -0.260. The summed E-state index contributed by atoms with van der Waals surface area (Å²) in [6, 6.07) is 5.81. The molecule has 0 radical (unpaired) electrons. The van der Waals surface area contributed by atoms with Gasteiger partial charge in [0.05, 0.1) is 12.4 Å². The molecule has 0 aliphatic heterocycles. The highest BCUT2D eigenvalue weighted by Gasteiger charge is 2.15. The zero-order chi connectivity index (χ0) is 14.6. The van der Waals surface area contributed by atoms with Crippen molar-refractivity contribution < 1.29 is 13.2 Å². The Morgan fingerprint density at radius 1 is 1.32 bits per heavy atom. The van der Waals surface area contributed by atoms with Gasteiger partial charge in [0.2, 0.25) is 9.05 Å². The summed E-state index contributed by atoms with van der Waals surface area (Å²) in [6.07, 6.45) is 0. The van der Waals surface area contributed by atoms with Crippen LogP contribution in [-0.2, 0) is 9.05 Å². The Labute approximate surface area is 127 Å². The molecule has 0 aliphatic carbocycles. The summed E-state index contributed by atoms with van der Waals surface area (Å²) < 4.78 is 28.7. The van der Waals surface area contributed by atoms with Crippen molar-refractivity contribution in [3.8, 4) is 5.75 Å². The first-order valence-electron chi connectivity index (χ1n) is 6.03. The third kappa shape index (κ3) is 6.15. The zero-order valence-electron chi connectivity index (χ0n) is 11.2. The largest absolute Gasteiger partial charge is 0.493 e. The maximum atomic E-state index is 11.0. The van der Waals surface area contributed by atoms with Crippen molar-refractivity contribution in [2.75, 3.05) is 12.4 Å². The first-order chi connectivity index (χ1) is 8.69. The molecule has 1 unspecified atom stereocenters. The summed E-state index contributed by atoms with van der Waals surface area (Å²) in [5, 5.41) is 0. The fraction of sp³-hybridized carbons (Fsp3) is 0.538. The van der Waals surface area contributed by atoms with Crippen molar-refractivity contribution in [1.82, 2.24) is 0 Å². The van der Waals surface area contributed by atoms with E-state index in [2.05, 4.69) is 29.8 Å². The Bertz CT molecular complexity index is 529. The molecule has 108 valence electrons. The van der Waals surface area contributed by atoms with Gasteiger partial charge in [0.25, 0.3) is 0 Å². The molecule has 0 aliphatic rings. The van der Waals surface area contributed by atoms with E-state index in [0.717, 1.165) is 15.8 Å². The Kier molecular flexibility index (Phi) is 6.15. The number of hydrogen-bond acceptors (Lipinski definition) is 3. The van der Waals surface area contributed by atoms with Gasteiger partial charge in [-0.2, -0.15) is 0 Å².